The number of fused-ring (bicyclic) bond motifs is 1. The number of nitrogens with zero attached hydrogens (tertiary/aromatic N) is 5. The lowest BCUT2D eigenvalue weighted by Gasteiger charge is -2.08. The number of benzene rings is 2. The van der Waals surface area contributed by atoms with E-state index in [1.807, 2.05) is 29.6 Å². The molecule has 9 nitrogen and oxygen atoms in total. The SMILES string of the molecule is O=C(Nc1ccc(-c2ccc3nnc(-c4cccs4)n3n2)cc1)c1cc(Cl)ccc1[N+](=O)[O-]. The number of hydrogen-bond donors (Lipinski definition) is 1. The average Bonchev–Trinajstić information content (AvgIpc) is 3.48. The molecule has 33 heavy (non-hydrogen) atoms. The number of anilines is 1. The molecule has 3 aromatic heterocycles. The molecule has 0 aliphatic heterocycles. The first-order valence-corrected chi connectivity index (χ1v) is 10.9. The molecule has 0 unspecified atom stereocenters. The van der Waals surface area contributed by atoms with Gasteiger partial charge in [-0.2, -0.15) is 9.61 Å². The molecule has 0 fully saturated rings. The summed E-state index contributed by atoms with van der Waals surface area (Å²) in [5.74, 6) is 0.0374. The Kier molecular flexibility index (Phi) is 5.29. The first-order chi connectivity index (χ1) is 16.0. The summed E-state index contributed by atoms with van der Waals surface area (Å²) in [6.45, 7) is 0. The Morgan fingerprint density at radius 2 is 1.88 bits per heavy atom. The van der Waals surface area contributed by atoms with Gasteiger partial charge in [-0.1, -0.05) is 29.8 Å². The minimum absolute atomic E-state index is 0.114. The number of nitro benzene ring substituents is 1. The third-order valence-corrected chi connectivity index (χ3v) is 5.94. The Morgan fingerprint density at radius 1 is 1.06 bits per heavy atom. The molecule has 162 valence electrons. The minimum atomic E-state index is -0.624. The van der Waals surface area contributed by atoms with E-state index >= 15 is 0 Å². The van der Waals surface area contributed by atoms with Gasteiger partial charge in [0.2, 0.25) is 0 Å². The maximum absolute atomic E-state index is 12.6. The van der Waals surface area contributed by atoms with Crippen molar-refractivity contribution in [3.8, 4) is 22.0 Å². The number of nitro groups is 1. The van der Waals surface area contributed by atoms with E-state index in [1.165, 1.54) is 18.2 Å². The van der Waals surface area contributed by atoms with E-state index in [1.54, 1.807) is 40.1 Å². The summed E-state index contributed by atoms with van der Waals surface area (Å²) >= 11 is 7.47. The average molecular weight is 477 g/mol. The number of carbonyl (C=O) groups excluding carboxylic acids is 1. The Morgan fingerprint density at radius 3 is 2.61 bits per heavy atom. The number of halogens is 1. The molecular weight excluding hydrogens is 464 g/mol. The van der Waals surface area contributed by atoms with Crippen LogP contribution >= 0.6 is 22.9 Å². The number of thiophene rings is 1. The van der Waals surface area contributed by atoms with E-state index in [4.69, 9.17) is 11.6 Å². The second-order valence-corrected chi connectivity index (χ2v) is 8.32. The Balaban J connectivity index is 1.41. The van der Waals surface area contributed by atoms with E-state index in [0.29, 0.717) is 22.9 Å². The van der Waals surface area contributed by atoms with Crippen molar-refractivity contribution in [1.82, 2.24) is 19.8 Å². The van der Waals surface area contributed by atoms with Crippen molar-refractivity contribution in [1.29, 1.82) is 0 Å². The van der Waals surface area contributed by atoms with Gasteiger partial charge in [-0.05, 0) is 47.8 Å². The molecule has 0 bridgehead atoms. The highest BCUT2D eigenvalue weighted by Crippen LogP contribution is 2.26. The molecule has 2 aromatic carbocycles. The van der Waals surface area contributed by atoms with Gasteiger partial charge in [-0.25, -0.2) is 0 Å². The van der Waals surface area contributed by atoms with Gasteiger partial charge in [-0.15, -0.1) is 21.5 Å². The standard InChI is InChI=1S/C22H13ClN6O3S/c23-14-5-9-18(29(31)32)16(12-14)22(30)24-15-6-3-13(4-7-15)17-8-10-20-25-26-21(28(20)27-17)19-2-1-11-33-19/h1-12H,(H,24,30). The van der Waals surface area contributed by atoms with Crippen molar-refractivity contribution >= 4 is 45.9 Å². The van der Waals surface area contributed by atoms with Crippen molar-refractivity contribution in [2.45, 2.75) is 0 Å². The molecule has 0 saturated carbocycles. The lowest BCUT2D eigenvalue weighted by Crippen LogP contribution is -2.14. The maximum Gasteiger partial charge on any atom is 0.282 e. The van der Waals surface area contributed by atoms with Crippen molar-refractivity contribution < 1.29 is 9.72 Å². The van der Waals surface area contributed by atoms with E-state index in [-0.39, 0.29) is 16.3 Å². The molecule has 1 amide bonds. The first kappa shape index (κ1) is 20.7. The molecule has 5 rings (SSSR count). The minimum Gasteiger partial charge on any atom is -0.322 e. The number of hydrogen-bond acceptors (Lipinski definition) is 7. The molecule has 0 aliphatic carbocycles. The predicted octanol–water partition coefficient (Wildman–Crippen LogP) is 5.33. The quantitative estimate of drug-likeness (QED) is 0.270. The second kappa shape index (κ2) is 8.41. The van der Waals surface area contributed by atoms with Crippen LogP contribution in [0.2, 0.25) is 5.02 Å². The van der Waals surface area contributed by atoms with Crippen LogP contribution in [-0.4, -0.2) is 30.6 Å². The summed E-state index contributed by atoms with van der Waals surface area (Å²) in [6, 6.07) is 18.4. The predicted molar refractivity (Wildman–Crippen MR) is 126 cm³/mol. The Labute approximate surface area is 195 Å². The fourth-order valence-electron chi connectivity index (χ4n) is 3.27. The monoisotopic (exact) mass is 476 g/mol. The van der Waals surface area contributed by atoms with Gasteiger partial charge in [0, 0.05) is 22.3 Å². The van der Waals surface area contributed by atoms with Crippen LogP contribution in [0, 0.1) is 10.1 Å². The zero-order valence-electron chi connectivity index (χ0n) is 16.7. The topological polar surface area (TPSA) is 115 Å². The molecule has 0 atom stereocenters. The number of amides is 1. The largest absolute Gasteiger partial charge is 0.322 e. The summed E-state index contributed by atoms with van der Waals surface area (Å²) in [5, 5.41) is 29.1. The maximum atomic E-state index is 12.6. The number of nitrogens with one attached hydrogen (secondary N) is 1. The zero-order valence-corrected chi connectivity index (χ0v) is 18.2. The summed E-state index contributed by atoms with van der Waals surface area (Å²) in [5.41, 5.74) is 2.19. The van der Waals surface area contributed by atoms with E-state index in [0.717, 1.165) is 10.4 Å². The highest BCUT2D eigenvalue weighted by atomic mass is 35.5. The van der Waals surface area contributed by atoms with Crippen LogP contribution in [0.4, 0.5) is 11.4 Å². The zero-order chi connectivity index (χ0) is 22.9. The highest BCUT2D eigenvalue weighted by molar-refractivity contribution is 7.13. The molecule has 0 saturated heterocycles. The summed E-state index contributed by atoms with van der Waals surface area (Å²) in [7, 11) is 0. The molecule has 0 spiro atoms. The number of carbonyl (C=O) groups is 1. The molecule has 0 aliphatic rings. The van der Waals surface area contributed by atoms with Gasteiger partial charge in [0.15, 0.2) is 11.5 Å². The van der Waals surface area contributed by atoms with Gasteiger partial charge in [0.25, 0.3) is 11.6 Å². The molecular formula is C22H13ClN6O3S. The Hall–Kier alpha value is -4.15. The Bertz CT molecular complexity index is 1500. The van der Waals surface area contributed by atoms with Crippen molar-refractivity contribution in [3.05, 3.63) is 92.8 Å². The fraction of sp³-hybridized carbons (Fsp3) is 0. The van der Waals surface area contributed by atoms with Gasteiger partial charge < -0.3 is 5.32 Å². The highest BCUT2D eigenvalue weighted by Gasteiger charge is 2.20. The lowest BCUT2D eigenvalue weighted by molar-refractivity contribution is -0.385. The van der Waals surface area contributed by atoms with Gasteiger partial charge in [0.05, 0.1) is 15.5 Å². The summed E-state index contributed by atoms with van der Waals surface area (Å²) < 4.78 is 1.69. The smallest absolute Gasteiger partial charge is 0.282 e. The van der Waals surface area contributed by atoms with Crippen LogP contribution in [0.1, 0.15) is 10.4 Å². The van der Waals surface area contributed by atoms with Crippen LogP contribution < -0.4 is 5.32 Å². The summed E-state index contributed by atoms with van der Waals surface area (Å²) in [6.07, 6.45) is 0. The van der Waals surface area contributed by atoms with E-state index in [9.17, 15) is 14.9 Å². The molecule has 0 radical (unpaired) electrons. The molecule has 3 heterocycles. The van der Waals surface area contributed by atoms with Gasteiger partial charge >= 0.3 is 0 Å². The van der Waals surface area contributed by atoms with Crippen molar-refractivity contribution in [2.75, 3.05) is 5.32 Å². The molecule has 5 aromatic rings. The fourth-order valence-corrected chi connectivity index (χ4v) is 4.14. The van der Waals surface area contributed by atoms with Crippen molar-refractivity contribution in [3.63, 3.8) is 0 Å². The third kappa shape index (κ3) is 4.04. The van der Waals surface area contributed by atoms with Crippen molar-refractivity contribution in [2.24, 2.45) is 0 Å². The molecule has 1 N–H and O–H groups in total. The second-order valence-electron chi connectivity index (χ2n) is 6.94. The van der Waals surface area contributed by atoms with Crippen LogP contribution in [0.15, 0.2) is 72.1 Å². The van der Waals surface area contributed by atoms with Crippen LogP contribution in [0.3, 0.4) is 0 Å². The van der Waals surface area contributed by atoms with Gasteiger partial charge in [-0.3, -0.25) is 14.9 Å². The normalized spacial score (nSPS) is 10.9. The lowest BCUT2D eigenvalue weighted by atomic mass is 10.1. The van der Waals surface area contributed by atoms with Crippen LogP contribution in [0.25, 0.3) is 27.6 Å². The number of aromatic nitrogens is 4. The van der Waals surface area contributed by atoms with E-state index < -0.39 is 10.8 Å². The van der Waals surface area contributed by atoms with Crippen LogP contribution in [-0.2, 0) is 0 Å². The van der Waals surface area contributed by atoms with Crippen LogP contribution in [0.5, 0.6) is 0 Å². The third-order valence-electron chi connectivity index (χ3n) is 4.84. The summed E-state index contributed by atoms with van der Waals surface area (Å²) in [4.78, 5) is 24.2. The van der Waals surface area contributed by atoms with Gasteiger partial charge in [0.1, 0.15) is 5.56 Å². The molecule has 11 heteroatoms. The number of rotatable bonds is 5. The van der Waals surface area contributed by atoms with E-state index in [2.05, 4.69) is 20.6 Å². The first-order valence-electron chi connectivity index (χ1n) is 9.62.